The molecular formula is C18H23N3. The summed E-state index contributed by atoms with van der Waals surface area (Å²) in [5, 5.41) is 3.37. The highest BCUT2D eigenvalue weighted by Gasteiger charge is 2.24. The van der Waals surface area contributed by atoms with Crippen LogP contribution in [0.2, 0.25) is 0 Å². The third-order valence-electron chi connectivity index (χ3n) is 4.41. The molecule has 21 heavy (non-hydrogen) atoms. The summed E-state index contributed by atoms with van der Waals surface area (Å²) in [5.74, 6) is 1.60. The van der Waals surface area contributed by atoms with E-state index in [2.05, 4.69) is 36.5 Å². The van der Waals surface area contributed by atoms with Crippen LogP contribution in [0.1, 0.15) is 49.1 Å². The molecule has 1 saturated carbocycles. The molecule has 0 atom stereocenters. The highest BCUT2D eigenvalue weighted by atomic mass is 15.0. The van der Waals surface area contributed by atoms with Crippen LogP contribution in [0.15, 0.2) is 24.3 Å². The van der Waals surface area contributed by atoms with Crippen LogP contribution >= 0.6 is 0 Å². The average Bonchev–Trinajstić information content (AvgIpc) is 2.42. The number of benzene rings is 1. The highest BCUT2D eigenvalue weighted by molar-refractivity contribution is 5.75. The minimum absolute atomic E-state index is 0.694. The second-order valence-corrected chi connectivity index (χ2v) is 5.84. The predicted octanol–water partition coefficient (Wildman–Crippen LogP) is 4.46. The Morgan fingerprint density at radius 3 is 2.48 bits per heavy atom. The molecule has 0 saturated heterocycles. The van der Waals surface area contributed by atoms with Crippen molar-refractivity contribution in [2.24, 2.45) is 0 Å². The zero-order valence-electron chi connectivity index (χ0n) is 13.1. The molecule has 0 amide bonds. The minimum Gasteiger partial charge on any atom is -0.369 e. The topological polar surface area (TPSA) is 37.8 Å². The van der Waals surface area contributed by atoms with E-state index in [9.17, 15) is 0 Å². The molecule has 1 aromatic carbocycles. The first-order chi connectivity index (χ1) is 10.2. The van der Waals surface area contributed by atoms with Gasteiger partial charge < -0.3 is 5.32 Å². The Hall–Kier alpha value is -1.90. The first kappa shape index (κ1) is 14.1. The van der Waals surface area contributed by atoms with Gasteiger partial charge in [0.15, 0.2) is 5.82 Å². The van der Waals surface area contributed by atoms with Crippen molar-refractivity contribution in [1.29, 1.82) is 0 Å². The fraction of sp³-hybridized carbons (Fsp3) is 0.444. The van der Waals surface area contributed by atoms with E-state index in [0.29, 0.717) is 5.92 Å². The third-order valence-corrected chi connectivity index (χ3v) is 4.41. The second kappa shape index (κ2) is 5.84. The van der Waals surface area contributed by atoms with Gasteiger partial charge in [-0.15, -0.1) is 0 Å². The van der Waals surface area contributed by atoms with Crippen LogP contribution in [0, 0.1) is 13.8 Å². The van der Waals surface area contributed by atoms with Crippen LogP contribution in [-0.4, -0.2) is 16.5 Å². The number of hydrogen-bond acceptors (Lipinski definition) is 3. The lowest BCUT2D eigenvalue weighted by Gasteiger charge is -2.28. The predicted molar refractivity (Wildman–Crippen MR) is 87.7 cm³/mol. The molecule has 3 heteroatoms. The molecule has 3 nitrogen and oxygen atoms in total. The van der Waals surface area contributed by atoms with E-state index < -0.39 is 0 Å². The largest absolute Gasteiger partial charge is 0.369 e. The first-order valence-corrected chi connectivity index (χ1v) is 7.89. The number of nitrogens with one attached hydrogen (secondary N) is 1. The normalized spacial score (nSPS) is 14.8. The van der Waals surface area contributed by atoms with Crippen LogP contribution in [0.3, 0.4) is 0 Å². The zero-order valence-corrected chi connectivity index (χ0v) is 13.1. The van der Waals surface area contributed by atoms with Crippen molar-refractivity contribution >= 4 is 5.82 Å². The maximum absolute atomic E-state index is 4.84. The molecule has 3 rings (SSSR count). The van der Waals surface area contributed by atoms with E-state index in [-0.39, 0.29) is 0 Å². The maximum atomic E-state index is 4.84. The van der Waals surface area contributed by atoms with Crippen LogP contribution in [-0.2, 0) is 0 Å². The van der Waals surface area contributed by atoms with Crippen molar-refractivity contribution in [2.75, 3.05) is 11.9 Å². The lowest BCUT2D eigenvalue weighted by molar-refractivity contribution is 0.420. The lowest BCUT2D eigenvalue weighted by atomic mass is 9.77. The van der Waals surface area contributed by atoms with Gasteiger partial charge in [-0.2, -0.15) is 0 Å². The van der Waals surface area contributed by atoms with E-state index in [1.54, 1.807) is 0 Å². The fourth-order valence-electron chi connectivity index (χ4n) is 2.87. The summed E-state index contributed by atoms with van der Waals surface area (Å²) in [6.07, 6.45) is 3.94. The minimum atomic E-state index is 0.694. The summed E-state index contributed by atoms with van der Waals surface area (Å²) in [6, 6.07) is 8.68. The molecule has 1 aliphatic carbocycles. The van der Waals surface area contributed by atoms with Crippen molar-refractivity contribution in [2.45, 2.75) is 46.0 Å². The van der Waals surface area contributed by atoms with Crippen LogP contribution in [0.25, 0.3) is 11.3 Å². The summed E-state index contributed by atoms with van der Waals surface area (Å²) in [7, 11) is 0. The smallest absolute Gasteiger partial charge is 0.152 e. The van der Waals surface area contributed by atoms with E-state index in [0.717, 1.165) is 29.4 Å². The van der Waals surface area contributed by atoms with Crippen LogP contribution in [0.4, 0.5) is 5.82 Å². The zero-order chi connectivity index (χ0) is 14.8. The standard InChI is InChI=1S/C18H23N3/c1-4-19-18-17(20-12(2)13(3)21-18)16-11-6-5-10-15(16)14-8-7-9-14/h5-6,10-11,14H,4,7-9H2,1-3H3,(H,19,21). The SMILES string of the molecule is CCNc1nc(C)c(C)nc1-c1ccccc1C1CCC1. The van der Waals surface area contributed by atoms with E-state index in [1.165, 1.54) is 30.4 Å². The molecule has 1 aromatic heterocycles. The molecule has 0 unspecified atom stereocenters. The second-order valence-electron chi connectivity index (χ2n) is 5.84. The summed E-state index contributed by atoms with van der Waals surface area (Å²) in [4.78, 5) is 9.55. The Bertz CT molecular complexity index is 645. The third kappa shape index (κ3) is 2.65. The number of anilines is 1. The Kier molecular flexibility index (Phi) is 3.91. The first-order valence-electron chi connectivity index (χ1n) is 7.89. The molecule has 110 valence electrons. The van der Waals surface area contributed by atoms with Gasteiger partial charge in [0.1, 0.15) is 5.69 Å². The van der Waals surface area contributed by atoms with Gasteiger partial charge in [-0.3, -0.25) is 0 Å². The number of nitrogens with zero attached hydrogens (tertiary/aromatic N) is 2. The van der Waals surface area contributed by atoms with E-state index in [4.69, 9.17) is 9.97 Å². The van der Waals surface area contributed by atoms with Crippen molar-refractivity contribution in [3.63, 3.8) is 0 Å². The molecule has 0 spiro atoms. The van der Waals surface area contributed by atoms with Gasteiger partial charge in [-0.05, 0) is 45.1 Å². The van der Waals surface area contributed by atoms with E-state index in [1.807, 2.05) is 13.8 Å². The molecule has 0 aliphatic heterocycles. The quantitative estimate of drug-likeness (QED) is 0.899. The number of aryl methyl sites for hydroxylation is 2. The Labute approximate surface area is 126 Å². The molecule has 1 N–H and O–H groups in total. The van der Waals surface area contributed by atoms with Crippen molar-refractivity contribution in [1.82, 2.24) is 9.97 Å². The highest BCUT2D eigenvalue weighted by Crippen LogP contribution is 2.41. The van der Waals surface area contributed by atoms with Gasteiger partial charge in [0.25, 0.3) is 0 Å². The number of hydrogen-bond donors (Lipinski definition) is 1. The average molecular weight is 281 g/mol. The molecular weight excluding hydrogens is 258 g/mol. The van der Waals surface area contributed by atoms with Gasteiger partial charge in [-0.1, -0.05) is 30.7 Å². The summed E-state index contributed by atoms with van der Waals surface area (Å²) >= 11 is 0. The Balaban J connectivity index is 2.13. The van der Waals surface area contributed by atoms with Gasteiger partial charge in [-0.25, -0.2) is 9.97 Å². The number of rotatable bonds is 4. The lowest BCUT2D eigenvalue weighted by Crippen LogP contribution is -2.12. The molecule has 1 aliphatic rings. The van der Waals surface area contributed by atoms with Gasteiger partial charge >= 0.3 is 0 Å². The Morgan fingerprint density at radius 1 is 1.10 bits per heavy atom. The molecule has 0 radical (unpaired) electrons. The van der Waals surface area contributed by atoms with E-state index >= 15 is 0 Å². The van der Waals surface area contributed by atoms with Crippen molar-refractivity contribution < 1.29 is 0 Å². The van der Waals surface area contributed by atoms with Gasteiger partial charge in [0, 0.05) is 12.1 Å². The fourth-order valence-corrected chi connectivity index (χ4v) is 2.87. The molecule has 2 aromatic rings. The molecule has 0 bridgehead atoms. The molecule has 1 fully saturated rings. The summed E-state index contributed by atoms with van der Waals surface area (Å²) in [5.41, 5.74) is 5.68. The van der Waals surface area contributed by atoms with Crippen molar-refractivity contribution in [3.05, 3.63) is 41.2 Å². The van der Waals surface area contributed by atoms with Crippen LogP contribution in [0.5, 0.6) is 0 Å². The van der Waals surface area contributed by atoms with Gasteiger partial charge in [0.05, 0.1) is 11.4 Å². The number of aromatic nitrogens is 2. The summed E-state index contributed by atoms with van der Waals surface area (Å²) in [6.45, 7) is 7.01. The van der Waals surface area contributed by atoms with Crippen molar-refractivity contribution in [3.8, 4) is 11.3 Å². The maximum Gasteiger partial charge on any atom is 0.152 e. The molecule has 1 heterocycles. The van der Waals surface area contributed by atoms with Gasteiger partial charge in [0.2, 0.25) is 0 Å². The van der Waals surface area contributed by atoms with Crippen LogP contribution < -0.4 is 5.32 Å². The summed E-state index contributed by atoms with van der Waals surface area (Å²) < 4.78 is 0. The Morgan fingerprint density at radius 2 is 1.81 bits per heavy atom. The monoisotopic (exact) mass is 281 g/mol.